The topological polar surface area (TPSA) is 60.5 Å². The first-order chi connectivity index (χ1) is 10.7. The smallest absolute Gasteiger partial charge is 0.233 e. The molecule has 1 aromatic heterocycles. The van der Waals surface area contributed by atoms with Crippen molar-refractivity contribution in [2.75, 3.05) is 6.79 Å². The molecule has 0 saturated carbocycles. The largest absolute Gasteiger partial charge is 0.454 e. The summed E-state index contributed by atoms with van der Waals surface area (Å²) in [5, 5.41) is 3.56. The SMILES string of the molecule is C[C@H](Sc1ccccn1)C(=O)NCc1ccc2c(c1)OCO2. The third-order valence-corrected chi connectivity index (χ3v) is 4.26. The van der Waals surface area contributed by atoms with E-state index in [1.807, 2.05) is 43.3 Å². The number of pyridine rings is 1. The Morgan fingerprint density at radius 3 is 3.00 bits per heavy atom. The lowest BCUT2D eigenvalue weighted by molar-refractivity contribution is -0.120. The molecule has 1 aliphatic rings. The van der Waals surface area contributed by atoms with Gasteiger partial charge in [-0.15, -0.1) is 0 Å². The predicted octanol–water partition coefficient (Wildman–Crippen LogP) is 2.61. The number of benzene rings is 1. The zero-order valence-corrected chi connectivity index (χ0v) is 12.9. The first kappa shape index (κ1) is 14.7. The molecular weight excluding hydrogens is 300 g/mol. The van der Waals surface area contributed by atoms with Crippen LogP contribution in [0.5, 0.6) is 11.5 Å². The molecule has 114 valence electrons. The van der Waals surface area contributed by atoms with Crippen molar-refractivity contribution in [2.24, 2.45) is 0 Å². The van der Waals surface area contributed by atoms with Crippen molar-refractivity contribution in [3.05, 3.63) is 48.2 Å². The van der Waals surface area contributed by atoms with Crippen LogP contribution in [0.1, 0.15) is 12.5 Å². The lowest BCUT2D eigenvalue weighted by Crippen LogP contribution is -2.30. The number of fused-ring (bicyclic) bond motifs is 1. The first-order valence-corrected chi connectivity index (χ1v) is 7.84. The van der Waals surface area contributed by atoms with Gasteiger partial charge in [0.1, 0.15) is 0 Å². The van der Waals surface area contributed by atoms with Crippen LogP contribution in [0.3, 0.4) is 0 Å². The Bertz CT molecular complexity index is 664. The maximum absolute atomic E-state index is 12.1. The van der Waals surface area contributed by atoms with E-state index in [0.717, 1.165) is 22.1 Å². The summed E-state index contributed by atoms with van der Waals surface area (Å²) >= 11 is 1.44. The van der Waals surface area contributed by atoms with Gasteiger partial charge in [0, 0.05) is 12.7 Å². The highest BCUT2D eigenvalue weighted by atomic mass is 32.2. The van der Waals surface area contributed by atoms with E-state index in [0.29, 0.717) is 6.54 Å². The number of nitrogens with zero attached hydrogens (tertiary/aromatic N) is 1. The number of carbonyl (C=O) groups is 1. The molecule has 0 spiro atoms. The average Bonchev–Trinajstić information content (AvgIpc) is 3.01. The van der Waals surface area contributed by atoms with Crippen molar-refractivity contribution in [3.8, 4) is 11.5 Å². The zero-order valence-electron chi connectivity index (χ0n) is 12.1. The third kappa shape index (κ3) is 3.51. The van der Waals surface area contributed by atoms with Gasteiger partial charge in [0.25, 0.3) is 0 Å². The fourth-order valence-corrected chi connectivity index (χ4v) is 2.87. The summed E-state index contributed by atoms with van der Waals surface area (Å²) in [6.45, 7) is 2.58. The summed E-state index contributed by atoms with van der Waals surface area (Å²) in [4.78, 5) is 16.4. The van der Waals surface area contributed by atoms with Crippen molar-refractivity contribution in [3.63, 3.8) is 0 Å². The lowest BCUT2D eigenvalue weighted by Gasteiger charge is -2.11. The van der Waals surface area contributed by atoms with E-state index in [2.05, 4.69) is 10.3 Å². The minimum Gasteiger partial charge on any atom is -0.454 e. The van der Waals surface area contributed by atoms with Crippen LogP contribution in [-0.4, -0.2) is 22.9 Å². The van der Waals surface area contributed by atoms with Crippen LogP contribution in [0.2, 0.25) is 0 Å². The van der Waals surface area contributed by atoms with Gasteiger partial charge >= 0.3 is 0 Å². The van der Waals surface area contributed by atoms with Gasteiger partial charge in [0.05, 0.1) is 10.3 Å². The Kier molecular flexibility index (Phi) is 4.48. The van der Waals surface area contributed by atoms with Gasteiger partial charge in [0.15, 0.2) is 11.5 Å². The van der Waals surface area contributed by atoms with Crippen LogP contribution in [0, 0.1) is 0 Å². The molecule has 1 atom stereocenters. The van der Waals surface area contributed by atoms with Gasteiger partial charge in [-0.2, -0.15) is 0 Å². The van der Waals surface area contributed by atoms with E-state index in [-0.39, 0.29) is 18.0 Å². The molecule has 6 heteroatoms. The minimum atomic E-state index is -0.205. The summed E-state index contributed by atoms with van der Waals surface area (Å²) in [7, 11) is 0. The van der Waals surface area contributed by atoms with Gasteiger partial charge in [-0.25, -0.2) is 4.98 Å². The molecule has 3 rings (SSSR count). The Morgan fingerprint density at radius 2 is 2.18 bits per heavy atom. The van der Waals surface area contributed by atoms with Crippen molar-refractivity contribution in [2.45, 2.75) is 23.7 Å². The lowest BCUT2D eigenvalue weighted by atomic mass is 10.2. The van der Waals surface area contributed by atoms with Gasteiger partial charge < -0.3 is 14.8 Å². The average molecular weight is 316 g/mol. The van der Waals surface area contributed by atoms with Crippen molar-refractivity contribution < 1.29 is 14.3 Å². The Morgan fingerprint density at radius 1 is 1.32 bits per heavy atom. The third-order valence-electron chi connectivity index (χ3n) is 3.21. The molecule has 1 aliphatic heterocycles. The maximum Gasteiger partial charge on any atom is 0.233 e. The fourth-order valence-electron chi connectivity index (χ4n) is 2.04. The van der Waals surface area contributed by atoms with E-state index in [1.54, 1.807) is 6.20 Å². The second-order valence-corrected chi connectivity index (χ2v) is 6.19. The van der Waals surface area contributed by atoms with Gasteiger partial charge in [0.2, 0.25) is 12.7 Å². The fraction of sp³-hybridized carbons (Fsp3) is 0.250. The van der Waals surface area contributed by atoms with E-state index < -0.39 is 0 Å². The number of ether oxygens (including phenoxy) is 2. The van der Waals surface area contributed by atoms with Crippen LogP contribution >= 0.6 is 11.8 Å². The van der Waals surface area contributed by atoms with Crippen molar-refractivity contribution in [1.82, 2.24) is 10.3 Å². The zero-order chi connectivity index (χ0) is 15.4. The highest BCUT2D eigenvalue weighted by molar-refractivity contribution is 8.00. The standard InChI is InChI=1S/C16H16N2O3S/c1-11(22-15-4-2-3-7-17-15)16(19)18-9-12-5-6-13-14(8-12)21-10-20-13/h2-8,11H,9-10H2,1H3,(H,18,19)/t11-/m0/s1. The van der Waals surface area contributed by atoms with Crippen molar-refractivity contribution in [1.29, 1.82) is 0 Å². The van der Waals surface area contributed by atoms with Crippen LogP contribution in [0.15, 0.2) is 47.6 Å². The molecule has 0 radical (unpaired) electrons. The second-order valence-electron chi connectivity index (χ2n) is 4.83. The predicted molar refractivity (Wildman–Crippen MR) is 84.0 cm³/mol. The van der Waals surface area contributed by atoms with E-state index in [9.17, 15) is 4.79 Å². The molecule has 0 fully saturated rings. The summed E-state index contributed by atoms with van der Waals surface area (Å²) in [6, 6.07) is 11.3. The minimum absolute atomic E-state index is 0.0201. The molecule has 0 bridgehead atoms. The van der Waals surface area contributed by atoms with Crippen molar-refractivity contribution >= 4 is 17.7 Å². The van der Waals surface area contributed by atoms with Crippen LogP contribution < -0.4 is 14.8 Å². The first-order valence-electron chi connectivity index (χ1n) is 6.96. The second kappa shape index (κ2) is 6.70. The van der Waals surface area contributed by atoms with Gasteiger partial charge in [-0.3, -0.25) is 4.79 Å². The summed E-state index contributed by atoms with van der Waals surface area (Å²) in [5.41, 5.74) is 0.979. The maximum atomic E-state index is 12.1. The van der Waals surface area contributed by atoms with E-state index in [1.165, 1.54) is 11.8 Å². The van der Waals surface area contributed by atoms with E-state index >= 15 is 0 Å². The highest BCUT2D eigenvalue weighted by Gasteiger charge is 2.16. The Balaban J connectivity index is 1.53. The number of thioether (sulfide) groups is 1. The summed E-state index contributed by atoms with van der Waals surface area (Å²) in [5.74, 6) is 1.45. The number of hydrogen-bond donors (Lipinski definition) is 1. The monoisotopic (exact) mass is 316 g/mol. The van der Waals surface area contributed by atoms with Crippen LogP contribution in [0.25, 0.3) is 0 Å². The van der Waals surface area contributed by atoms with Crippen LogP contribution in [-0.2, 0) is 11.3 Å². The quantitative estimate of drug-likeness (QED) is 0.859. The molecule has 2 heterocycles. The Hall–Kier alpha value is -2.21. The number of aromatic nitrogens is 1. The highest BCUT2D eigenvalue weighted by Crippen LogP contribution is 2.32. The molecular formula is C16H16N2O3S. The van der Waals surface area contributed by atoms with Gasteiger partial charge in [-0.05, 0) is 36.8 Å². The number of amides is 1. The molecule has 5 nitrogen and oxygen atoms in total. The van der Waals surface area contributed by atoms with Gasteiger partial charge in [-0.1, -0.05) is 23.9 Å². The molecule has 1 N–H and O–H groups in total. The number of rotatable bonds is 5. The molecule has 22 heavy (non-hydrogen) atoms. The molecule has 0 saturated heterocycles. The Labute approximate surface area is 133 Å². The summed E-state index contributed by atoms with van der Waals surface area (Å²) < 4.78 is 10.6. The normalized spacial score (nSPS) is 13.7. The number of hydrogen-bond acceptors (Lipinski definition) is 5. The van der Waals surface area contributed by atoms with E-state index in [4.69, 9.17) is 9.47 Å². The molecule has 0 unspecified atom stereocenters. The molecule has 2 aromatic rings. The number of carbonyl (C=O) groups excluding carboxylic acids is 1. The molecule has 1 amide bonds. The molecule has 0 aliphatic carbocycles. The number of nitrogens with one attached hydrogen (secondary N) is 1. The van der Waals surface area contributed by atoms with Crippen LogP contribution in [0.4, 0.5) is 0 Å². The summed E-state index contributed by atoms with van der Waals surface area (Å²) in [6.07, 6.45) is 1.72. The molecule has 1 aromatic carbocycles.